The third-order valence-electron chi connectivity index (χ3n) is 2.96. The molecular weight excluding hydrogens is 260 g/mol. The van der Waals surface area contributed by atoms with Crippen molar-refractivity contribution in [2.45, 2.75) is 39.7 Å². The molecule has 0 fully saturated rings. The Hall–Kier alpha value is -2.05. The van der Waals surface area contributed by atoms with Gasteiger partial charge in [0.25, 0.3) is 0 Å². The standard InChI is InChI=1S/C13H22N4O3/c1-13(2,3)10(6-11(18)19)17-12(20)15-5-4-9-7-14-8-16-9/h7-8,10H,4-6H2,1-3H3,(H,14,16)(H,18,19)(H2,15,17,20). The van der Waals surface area contributed by atoms with Gasteiger partial charge in [-0.1, -0.05) is 20.8 Å². The average Bonchev–Trinajstić information content (AvgIpc) is 2.79. The number of imidazole rings is 1. The number of aromatic amines is 1. The van der Waals surface area contributed by atoms with Crippen LogP contribution >= 0.6 is 0 Å². The Kier molecular flexibility index (Phi) is 5.54. The van der Waals surface area contributed by atoms with Crippen LogP contribution < -0.4 is 10.6 Å². The van der Waals surface area contributed by atoms with Crippen molar-refractivity contribution in [2.24, 2.45) is 5.41 Å². The van der Waals surface area contributed by atoms with Gasteiger partial charge in [-0.2, -0.15) is 0 Å². The van der Waals surface area contributed by atoms with E-state index in [9.17, 15) is 9.59 Å². The van der Waals surface area contributed by atoms with Gasteiger partial charge in [-0.3, -0.25) is 4.79 Å². The molecule has 4 N–H and O–H groups in total. The van der Waals surface area contributed by atoms with Crippen molar-refractivity contribution < 1.29 is 14.7 Å². The van der Waals surface area contributed by atoms with E-state index in [1.54, 1.807) is 12.5 Å². The molecule has 1 unspecified atom stereocenters. The highest BCUT2D eigenvalue weighted by Gasteiger charge is 2.28. The summed E-state index contributed by atoms with van der Waals surface area (Å²) in [6, 6.07) is -0.780. The van der Waals surface area contributed by atoms with Gasteiger partial charge in [-0.15, -0.1) is 0 Å². The van der Waals surface area contributed by atoms with Crippen molar-refractivity contribution in [2.75, 3.05) is 6.54 Å². The zero-order chi connectivity index (χ0) is 15.2. The van der Waals surface area contributed by atoms with Crippen LogP contribution in [0.2, 0.25) is 0 Å². The molecule has 0 saturated carbocycles. The maximum atomic E-state index is 11.8. The predicted octanol–water partition coefficient (Wildman–Crippen LogP) is 1.14. The molecule has 1 heterocycles. The quantitative estimate of drug-likeness (QED) is 0.627. The summed E-state index contributed by atoms with van der Waals surface area (Å²) in [7, 11) is 0. The predicted molar refractivity (Wildman–Crippen MR) is 74.3 cm³/mol. The van der Waals surface area contributed by atoms with Crippen LogP contribution in [0.5, 0.6) is 0 Å². The zero-order valence-corrected chi connectivity index (χ0v) is 12.1. The third kappa shape index (κ3) is 5.73. The van der Waals surface area contributed by atoms with Crippen LogP contribution in [0.3, 0.4) is 0 Å². The van der Waals surface area contributed by atoms with E-state index in [4.69, 9.17) is 5.11 Å². The van der Waals surface area contributed by atoms with E-state index in [1.807, 2.05) is 20.8 Å². The fraction of sp³-hybridized carbons (Fsp3) is 0.615. The van der Waals surface area contributed by atoms with E-state index in [0.29, 0.717) is 13.0 Å². The number of nitrogens with zero attached hydrogens (tertiary/aromatic N) is 1. The number of carboxylic acid groups (broad SMARTS) is 1. The first-order chi connectivity index (χ1) is 9.29. The van der Waals surface area contributed by atoms with Crippen molar-refractivity contribution in [1.82, 2.24) is 20.6 Å². The van der Waals surface area contributed by atoms with Crippen LogP contribution in [0.15, 0.2) is 12.5 Å². The van der Waals surface area contributed by atoms with Gasteiger partial charge in [0.15, 0.2) is 0 Å². The Bertz CT molecular complexity index is 437. The Labute approximate surface area is 118 Å². The lowest BCUT2D eigenvalue weighted by molar-refractivity contribution is -0.138. The van der Waals surface area contributed by atoms with Crippen LogP contribution in [0.1, 0.15) is 32.9 Å². The van der Waals surface area contributed by atoms with Gasteiger partial charge in [0.05, 0.1) is 12.7 Å². The summed E-state index contributed by atoms with van der Waals surface area (Å²) in [6.07, 6.45) is 3.82. The summed E-state index contributed by atoms with van der Waals surface area (Å²) < 4.78 is 0. The van der Waals surface area contributed by atoms with E-state index in [2.05, 4.69) is 20.6 Å². The molecular formula is C13H22N4O3. The van der Waals surface area contributed by atoms with Crippen LogP contribution in [-0.2, 0) is 11.2 Å². The summed E-state index contributed by atoms with van der Waals surface area (Å²) in [6.45, 7) is 6.14. The molecule has 7 heteroatoms. The Balaban J connectivity index is 2.39. The molecule has 1 aromatic heterocycles. The first kappa shape index (κ1) is 16.0. The van der Waals surface area contributed by atoms with Gasteiger partial charge in [0.1, 0.15) is 0 Å². The second-order valence-electron chi connectivity index (χ2n) is 5.74. The highest BCUT2D eigenvalue weighted by atomic mass is 16.4. The second kappa shape index (κ2) is 6.93. The molecule has 0 aliphatic heterocycles. The topological polar surface area (TPSA) is 107 Å². The maximum absolute atomic E-state index is 11.8. The van der Waals surface area contributed by atoms with Crippen LogP contribution in [0, 0.1) is 5.41 Å². The number of carbonyl (C=O) groups is 2. The molecule has 0 aliphatic carbocycles. The first-order valence-electron chi connectivity index (χ1n) is 6.52. The smallest absolute Gasteiger partial charge is 0.315 e. The number of amides is 2. The minimum atomic E-state index is -0.928. The van der Waals surface area contributed by atoms with E-state index in [-0.39, 0.29) is 17.9 Å². The summed E-state index contributed by atoms with van der Waals surface area (Å²) in [5.41, 5.74) is 0.613. The summed E-state index contributed by atoms with van der Waals surface area (Å²) in [4.78, 5) is 29.4. The molecule has 2 amide bonds. The number of carbonyl (C=O) groups excluding carboxylic acids is 1. The van der Waals surface area contributed by atoms with E-state index in [1.165, 1.54) is 0 Å². The number of carboxylic acids is 1. The molecule has 0 spiro atoms. The van der Waals surface area contributed by atoms with E-state index in [0.717, 1.165) is 5.69 Å². The van der Waals surface area contributed by atoms with Gasteiger partial charge in [-0.05, 0) is 5.41 Å². The Morgan fingerprint density at radius 3 is 2.65 bits per heavy atom. The molecule has 7 nitrogen and oxygen atoms in total. The van der Waals surface area contributed by atoms with Crippen molar-refractivity contribution in [3.63, 3.8) is 0 Å². The van der Waals surface area contributed by atoms with E-state index < -0.39 is 12.0 Å². The summed E-state index contributed by atoms with van der Waals surface area (Å²) in [5, 5.41) is 14.3. The lowest BCUT2D eigenvalue weighted by atomic mass is 9.85. The summed E-state index contributed by atoms with van der Waals surface area (Å²) in [5.74, 6) is -0.928. The highest BCUT2D eigenvalue weighted by molar-refractivity contribution is 5.75. The number of aliphatic carboxylic acids is 1. The SMILES string of the molecule is CC(C)(C)C(CC(=O)O)NC(=O)NCCc1cnc[nH]1. The van der Waals surface area contributed by atoms with Crippen molar-refractivity contribution in [3.8, 4) is 0 Å². The number of H-pyrrole nitrogens is 1. The summed E-state index contributed by atoms with van der Waals surface area (Å²) >= 11 is 0. The van der Waals surface area contributed by atoms with Crippen LogP contribution in [0.4, 0.5) is 4.79 Å². The molecule has 0 bridgehead atoms. The number of hydrogen-bond donors (Lipinski definition) is 4. The van der Waals surface area contributed by atoms with Gasteiger partial charge >= 0.3 is 12.0 Å². The maximum Gasteiger partial charge on any atom is 0.315 e. The second-order valence-corrected chi connectivity index (χ2v) is 5.74. The number of nitrogens with one attached hydrogen (secondary N) is 3. The molecule has 1 rings (SSSR count). The zero-order valence-electron chi connectivity index (χ0n) is 12.1. The minimum absolute atomic E-state index is 0.0997. The Morgan fingerprint density at radius 1 is 1.45 bits per heavy atom. The van der Waals surface area contributed by atoms with Crippen molar-refractivity contribution in [1.29, 1.82) is 0 Å². The number of rotatable bonds is 6. The fourth-order valence-electron chi connectivity index (χ4n) is 1.69. The molecule has 112 valence electrons. The van der Waals surface area contributed by atoms with Crippen LogP contribution in [-0.4, -0.2) is 39.7 Å². The van der Waals surface area contributed by atoms with Crippen LogP contribution in [0.25, 0.3) is 0 Å². The first-order valence-corrected chi connectivity index (χ1v) is 6.52. The largest absolute Gasteiger partial charge is 0.481 e. The van der Waals surface area contributed by atoms with Crippen molar-refractivity contribution in [3.05, 3.63) is 18.2 Å². The van der Waals surface area contributed by atoms with Gasteiger partial charge in [0.2, 0.25) is 0 Å². The molecule has 20 heavy (non-hydrogen) atoms. The molecule has 1 aromatic rings. The lowest BCUT2D eigenvalue weighted by Crippen LogP contribution is -2.49. The number of aromatic nitrogens is 2. The minimum Gasteiger partial charge on any atom is -0.481 e. The number of urea groups is 1. The Morgan fingerprint density at radius 2 is 2.15 bits per heavy atom. The third-order valence-corrected chi connectivity index (χ3v) is 2.96. The monoisotopic (exact) mass is 282 g/mol. The molecule has 0 aliphatic rings. The average molecular weight is 282 g/mol. The van der Waals surface area contributed by atoms with Gasteiger partial charge in [0, 0.05) is 30.9 Å². The molecule has 0 saturated heterocycles. The fourth-order valence-corrected chi connectivity index (χ4v) is 1.69. The highest BCUT2D eigenvalue weighted by Crippen LogP contribution is 2.21. The molecule has 1 atom stereocenters. The normalized spacial score (nSPS) is 12.8. The van der Waals surface area contributed by atoms with Gasteiger partial charge < -0.3 is 20.7 Å². The van der Waals surface area contributed by atoms with E-state index >= 15 is 0 Å². The van der Waals surface area contributed by atoms with Gasteiger partial charge in [-0.25, -0.2) is 9.78 Å². The van der Waals surface area contributed by atoms with Crippen molar-refractivity contribution >= 4 is 12.0 Å². The molecule has 0 radical (unpaired) electrons. The number of hydrogen-bond acceptors (Lipinski definition) is 3. The lowest BCUT2D eigenvalue weighted by Gasteiger charge is -2.30. The molecule has 0 aromatic carbocycles.